The van der Waals surface area contributed by atoms with Gasteiger partial charge in [0.2, 0.25) is 5.13 Å². The van der Waals surface area contributed by atoms with Crippen molar-refractivity contribution in [1.82, 2.24) is 15.2 Å². The minimum Gasteiger partial charge on any atom is -0.356 e. The van der Waals surface area contributed by atoms with Crippen LogP contribution in [0.2, 0.25) is 0 Å². The van der Waals surface area contributed by atoms with E-state index in [-0.39, 0.29) is 6.04 Å². The highest BCUT2D eigenvalue weighted by atomic mass is 32.1. The lowest BCUT2D eigenvalue weighted by molar-refractivity contribution is 0.725. The Balaban J connectivity index is 1.35. The average Bonchev–Trinajstić information content (AvgIpc) is 3.40. The third kappa shape index (κ3) is 3.72. The fourth-order valence-electron chi connectivity index (χ4n) is 3.44. The highest BCUT2D eigenvalue weighted by Crippen LogP contribution is 2.30. The number of hydrogen-bond donors (Lipinski definition) is 2. The summed E-state index contributed by atoms with van der Waals surface area (Å²) in [5.41, 5.74) is 8.43. The summed E-state index contributed by atoms with van der Waals surface area (Å²) in [6.45, 7) is 0.530. The Kier molecular flexibility index (Phi) is 4.93. The van der Waals surface area contributed by atoms with Crippen LogP contribution in [0.15, 0.2) is 66.3 Å². The van der Waals surface area contributed by atoms with Crippen LogP contribution in [0.5, 0.6) is 0 Å². The molecular weight excluding hydrogens is 398 g/mol. The van der Waals surface area contributed by atoms with Crippen molar-refractivity contribution in [2.24, 2.45) is 5.73 Å². The number of hydrogen-bond acceptors (Lipinski definition) is 7. The monoisotopic (exact) mass is 417 g/mol. The molecule has 2 aromatic carbocycles. The van der Waals surface area contributed by atoms with Gasteiger partial charge in [0.25, 0.3) is 0 Å². The summed E-state index contributed by atoms with van der Waals surface area (Å²) in [6, 6.07) is 16.9. The lowest BCUT2D eigenvalue weighted by Crippen LogP contribution is -2.30. The third-order valence-corrected chi connectivity index (χ3v) is 6.87. The predicted molar refractivity (Wildman–Crippen MR) is 123 cm³/mol. The van der Waals surface area contributed by atoms with Gasteiger partial charge in [-0.15, -0.1) is 21.5 Å². The number of nitrogens with zero attached hydrogens (tertiary/aromatic N) is 3. The number of fused-ring (bicyclic) bond motifs is 2. The van der Waals surface area contributed by atoms with Gasteiger partial charge in [0.1, 0.15) is 5.01 Å². The fourth-order valence-corrected chi connectivity index (χ4v) is 5.23. The number of nitrogens with one attached hydrogen (secondary N) is 1. The predicted octanol–water partition coefficient (Wildman–Crippen LogP) is 4.95. The van der Waals surface area contributed by atoms with Crippen LogP contribution in [0.25, 0.3) is 31.4 Å². The zero-order valence-electron chi connectivity index (χ0n) is 15.6. The maximum absolute atomic E-state index is 6.05. The van der Waals surface area contributed by atoms with E-state index in [1.807, 2.05) is 12.3 Å². The molecule has 0 saturated carbocycles. The summed E-state index contributed by atoms with van der Waals surface area (Å²) in [5, 5.41) is 19.7. The molecule has 144 valence electrons. The summed E-state index contributed by atoms with van der Waals surface area (Å²) in [6.07, 6.45) is 4.53. The van der Waals surface area contributed by atoms with Crippen LogP contribution < -0.4 is 11.1 Å². The van der Waals surface area contributed by atoms with Gasteiger partial charge in [0.15, 0.2) is 0 Å². The molecule has 29 heavy (non-hydrogen) atoms. The van der Waals surface area contributed by atoms with Gasteiger partial charge in [-0.3, -0.25) is 4.98 Å². The molecule has 5 nitrogen and oxygen atoms in total. The van der Waals surface area contributed by atoms with Crippen LogP contribution in [0.4, 0.5) is 5.13 Å². The zero-order chi connectivity index (χ0) is 19.6. The average molecular weight is 418 g/mol. The van der Waals surface area contributed by atoms with Crippen molar-refractivity contribution in [2.75, 3.05) is 11.9 Å². The Morgan fingerprint density at radius 1 is 1.03 bits per heavy atom. The SMILES string of the molecule is NC[C@H](Cc1csc2ccccc12)Nc1nnc(-c2ccc3cnccc3c2)s1. The number of anilines is 1. The number of nitrogens with two attached hydrogens (primary N) is 1. The van der Waals surface area contributed by atoms with Crippen molar-refractivity contribution >= 4 is 48.7 Å². The molecule has 0 aliphatic heterocycles. The summed E-state index contributed by atoms with van der Waals surface area (Å²) >= 11 is 3.33. The second-order valence-corrected chi connectivity index (χ2v) is 8.78. The Morgan fingerprint density at radius 3 is 2.90 bits per heavy atom. The molecule has 3 heterocycles. The first-order valence-electron chi connectivity index (χ1n) is 9.39. The highest BCUT2D eigenvalue weighted by molar-refractivity contribution is 7.18. The van der Waals surface area contributed by atoms with Crippen LogP contribution in [0.3, 0.4) is 0 Å². The van der Waals surface area contributed by atoms with E-state index in [2.05, 4.69) is 68.3 Å². The van der Waals surface area contributed by atoms with Gasteiger partial charge in [-0.25, -0.2) is 0 Å². The molecule has 0 bridgehead atoms. The van der Waals surface area contributed by atoms with E-state index in [1.54, 1.807) is 28.9 Å². The number of benzene rings is 2. The van der Waals surface area contributed by atoms with Gasteiger partial charge >= 0.3 is 0 Å². The lowest BCUT2D eigenvalue weighted by Gasteiger charge is -2.15. The Bertz CT molecular complexity index is 1280. The van der Waals surface area contributed by atoms with Crippen LogP contribution in [0.1, 0.15) is 5.56 Å². The van der Waals surface area contributed by atoms with Gasteiger partial charge in [-0.2, -0.15) is 0 Å². The minimum absolute atomic E-state index is 0.108. The van der Waals surface area contributed by atoms with Gasteiger partial charge < -0.3 is 11.1 Å². The smallest absolute Gasteiger partial charge is 0.206 e. The Morgan fingerprint density at radius 2 is 1.97 bits per heavy atom. The highest BCUT2D eigenvalue weighted by Gasteiger charge is 2.14. The largest absolute Gasteiger partial charge is 0.356 e. The molecule has 0 aliphatic carbocycles. The maximum Gasteiger partial charge on any atom is 0.206 e. The third-order valence-electron chi connectivity index (χ3n) is 4.95. The standard InChI is InChI=1S/C22H19N5S2/c23-11-18(10-17-13-28-20-4-2-1-3-19(17)20)25-22-27-26-21(29-22)15-5-6-16-12-24-8-7-14(16)9-15/h1-9,12-13,18H,10-11,23H2,(H,25,27)/t18-/m0/s1. The van der Waals surface area contributed by atoms with Crippen LogP contribution in [0, 0.1) is 0 Å². The molecule has 0 aliphatic rings. The summed E-state index contributed by atoms with van der Waals surface area (Å²) in [4.78, 5) is 4.16. The molecule has 0 amide bonds. The fraction of sp³-hybridized carbons (Fsp3) is 0.136. The first kappa shape index (κ1) is 18.2. The van der Waals surface area contributed by atoms with Crippen molar-refractivity contribution in [2.45, 2.75) is 12.5 Å². The normalized spacial score (nSPS) is 12.4. The van der Waals surface area contributed by atoms with Crippen molar-refractivity contribution in [1.29, 1.82) is 0 Å². The van der Waals surface area contributed by atoms with E-state index in [1.165, 1.54) is 15.6 Å². The molecule has 1 atom stereocenters. The van der Waals surface area contributed by atoms with Gasteiger partial charge in [-0.1, -0.05) is 41.7 Å². The molecular formula is C22H19N5S2. The van der Waals surface area contributed by atoms with E-state index in [4.69, 9.17) is 5.73 Å². The first-order valence-corrected chi connectivity index (χ1v) is 11.1. The zero-order valence-corrected chi connectivity index (χ0v) is 17.2. The molecule has 5 aromatic rings. The molecule has 3 N–H and O–H groups in total. The Hall–Kier alpha value is -2.87. The summed E-state index contributed by atoms with van der Waals surface area (Å²) in [5.74, 6) is 0. The van der Waals surface area contributed by atoms with Gasteiger partial charge in [-0.05, 0) is 46.3 Å². The van der Waals surface area contributed by atoms with E-state index in [0.717, 1.165) is 32.9 Å². The van der Waals surface area contributed by atoms with Crippen LogP contribution in [-0.4, -0.2) is 27.8 Å². The number of aromatic nitrogens is 3. The summed E-state index contributed by atoms with van der Waals surface area (Å²) in [7, 11) is 0. The number of pyridine rings is 1. The molecule has 0 spiro atoms. The second-order valence-electron chi connectivity index (χ2n) is 6.89. The molecule has 7 heteroatoms. The second kappa shape index (κ2) is 7.87. The van der Waals surface area contributed by atoms with Gasteiger partial charge in [0, 0.05) is 40.6 Å². The van der Waals surface area contributed by atoms with Crippen molar-refractivity contribution in [3.63, 3.8) is 0 Å². The molecule has 3 aromatic heterocycles. The molecule has 0 radical (unpaired) electrons. The molecule has 5 rings (SSSR count). The quantitative estimate of drug-likeness (QED) is 0.409. The summed E-state index contributed by atoms with van der Waals surface area (Å²) < 4.78 is 1.31. The van der Waals surface area contributed by atoms with E-state index in [9.17, 15) is 0 Å². The maximum atomic E-state index is 6.05. The van der Waals surface area contributed by atoms with E-state index < -0.39 is 0 Å². The van der Waals surface area contributed by atoms with Gasteiger partial charge in [0.05, 0.1) is 0 Å². The van der Waals surface area contributed by atoms with Crippen molar-refractivity contribution in [3.8, 4) is 10.6 Å². The topological polar surface area (TPSA) is 76.7 Å². The van der Waals surface area contributed by atoms with E-state index in [0.29, 0.717) is 6.54 Å². The van der Waals surface area contributed by atoms with Crippen molar-refractivity contribution < 1.29 is 0 Å². The lowest BCUT2D eigenvalue weighted by atomic mass is 10.1. The van der Waals surface area contributed by atoms with Crippen molar-refractivity contribution in [3.05, 3.63) is 71.9 Å². The van der Waals surface area contributed by atoms with E-state index >= 15 is 0 Å². The molecule has 0 saturated heterocycles. The van der Waals surface area contributed by atoms with Crippen LogP contribution >= 0.6 is 22.7 Å². The molecule has 0 unspecified atom stereocenters. The van der Waals surface area contributed by atoms with Crippen LogP contribution in [-0.2, 0) is 6.42 Å². The first-order chi connectivity index (χ1) is 14.3. The molecule has 0 fully saturated rings. The Labute approximate surface area is 176 Å². The number of thiophene rings is 1. The minimum atomic E-state index is 0.108. The number of rotatable bonds is 6.